The van der Waals surface area contributed by atoms with Crippen molar-refractivity contribution in [2.75, 3.05) is 13.7 Å². The van der Waals surface area contributed by atoms with Gasteiger partial charge in [0.15, 0.2) is 0 Å². The van der Waals surface area contributed by atoms with Crippen molar-refractivity contribution in [1.82, 2.24) is 9.71 Å². The molecule has 0 saturated heterocycles. The van der Waals surface area contributed by atoms with Crippen molar-refractivity contribution in [3.8, 4) is 0 Å². The Kier molecular flexibility index (Phi) is 4.72. The lowest BCUT2D eigenvalue weighted by Gasteiger charge is -2.30. The summed E-state index contributed by atoms with van der Waals surface area (Å²) >= 11 is 0. The topological polar surface area (TPSA) is 68.3 Å². The molecular weight excluding hydrogens is 288 g/mol. The molecule has 1 heterocycles. The Labute approximate surface area is 125 Å². The van der Waals surface area contributed by atoms with E-state index in [4.69, 9.17) is 4.74 Å². The molecule has 0 aliphatic rings. The van der Waals surface area contributed by atoms with Crippen LogP contribution in [0.4, 0.5) is 0 Å². The summed E-state index contributed by atoms with van der Waals surface area (Å²) in [6.07, 6.45) is 2.85. The van der Waals surface area contributed by atoms with Crippen LogP contribution in [0.15, 0.2) is 59.8 Å². The first-order valence-electron chi connectivity index (χ1n) is 6.46. The molecule has 2 aromatic rings. The van der Waals surface area contributed by atoms with Gasteiger partial charge in [0.1, 0.15) is 4.90 Å². The molecule has 0 amide bonds. The zero-order valence-corrected chi connectivity index (χ0v) is 12.8. The van der Waals surface area contributed by atoms with E-state index in [1.165, 1.54) is 18.5 Å². The highest BCUT2D eigenvalue weighted by atomic mass is 32.2. The Hall–Kier alpha value is -1.76. The third kappa shape index (κ3) is 3.66. The Morgan fingerprint density at radius 1 is 1.19 bits per heavy atom. The highest BCUT2D eigenvalue weighted by Gasteiger charge is 2.32. The minimum atomic E-state index is -3.68. The maximum atomic E-state index is 12.5. The first-order valence-corrected chi connectivity index (χ1v) is 7.95. The van der Waals surface area contributed by atoms with Crippen molar-refractivity contribution >= 4 is 10.0 Å². The van der Waals surface area contributed by atoms with Gasteiger partial charge in [0.05, 0.1) is 12.1 Å². The van der Waals surface area contributed by atoms with E-state index in [1.807, 2.05) is 30.3 Å². The second-order valence-electron chi connectivity index (χ2n) is 4.93. The first kappa shape index (κ1) is 15.6. The summed E-state index contributed by atoms with van der Waals surface area (Å²) in [6.45, 7) is 2.01. The molecule has 0 aliphatic carbocycles. The van der Waals surface area contributed by atoms with Gasteiger partial charge in [-0.05, 0) is 24.6 Å². The predicted molar refractivity (Wildman–Crippen MR) is 80.2 cm³/mol. The molecule has 21 heavy (non-hydrogen) atoms. The number of methoxy groups -OCH3 is 1. The van der Waals surface area contributed by atoms with Gasteiger partial charge in [0.25, 0.3) is 0 Å². The molecule has 0 saturated carbocycles. The first-order chi connectivity index (χ1) is 9.98. The summed E-state index contributed by atoms with van der Waals surface area (Å²) in [7, 11) is -2.14. The summed E-state index contributed by atoms with van der Waals surface area (Å²) in [6, 6.07) is 12.4. The second kappa shape index (κ2) is 6.34. The molecule has 112 valence electrons. The highest BCUT2D eigenvalue weighted by molar-refractivity contribution is 7.89. The maximum Gasteiger partial charge on any atom is 0.242 e. The van der Waals surface area contributed by atoms with E-state index >= 15 is 0 Å². The molecule has 0 radical (unpaired) electrons. The summed E-state index contributed by atoms with van der Waals surface area (Å²) in [5.74, 6) is 0. The van der Waals surface area contributed by atoms with Gasteiger partial charge < -0.3 is 4.74 Å². The van der Waals surface area contributed by atoms with Gasteiger partial charge in [-0.3, -0.25) is 4.98 Å². The van der Waals surface area contributed by atoms with Gasteiger partial charge in [-0.1, -0.05) is 30.3 Å². The molecule has 0 bridgehead atoms. The number of benzene rings is 1. The van der Waals surface area contributed by atoms with Crippen LogP contribution in [0.5, 0.6) is 0 Å². The van der Waals surface area contributed by atoms with E-state index in [0.717, 1.165) is 5.56 Å². The number of hydrogen-bond acceptors (Lipinski definition) is 4. The van der Waals surface area contributed by atoms with Crippen LogP contribution in [-0.2, 0) is 20.3 Å². The number of ether oxygens (including phenoxy) is 1. The lowest BCUT2D eigenvalue weighted by molar-refractivity contribution is 0.132. The van der Waals surface area contributed by atoms with Crippen LogP contribution in [-0.4, -0.2) is 27.1 Å². The molecule has 1 aromatic carbocycles. The van der Waals surface area contributed by atoms with E-state index in [9.17, 15) is 8.42 Å². The quantitative estimate of drug-likeness (QED) is 0.885. The van der Waals surface area contributed by atoms with Gasteiger partial charge in [-0.15, -0.1) is 0 Å². The molecule has 1 aromatic heterocycles. The summed E-state index contributed by atoms with van der Waals surface area (Å²) < 4.78 is 32.9. The fourth-order valence-corrected chi connectivity index (χ4v) is 3.47. The average Bonchev–Trinajstić information content (AvgIpc) is 2.49. The molecule has 0 fully saturated rings. The molecule has 2 rings (SSSR count). The zero-order valence-electron chi connectivity index (χ0n) is 12.0. The van der Waals surface area contributed by atoms with Crippen LogP contribution in [0.25, 0.3) is 0 Å². The smallest absolute Gasteiger partial charge is 0.242 e. The number of hydrogen-bond donors (Lipinski definition) is 1. The molecule has 1 atom stereocenters. The Balaban J connectivity index is 2.37. The maximum absolute atomic E-state index is 12.5. The molecule has 5 nitrogen and oxygen atoms in total. The summed E-state index contributed by atoms with van der Waals surface area (Å²) in [5.41, 5.74) is -0.0238. The largest absolute Gasteiger partial charge is 0.382 e. The number of rotatable bonds is 6. The molecule has 0 aliphatic heterocycles. The minimum absolute atomic E-state index is 0.128. The SMILES string of the molecule is COC[C@](C)(NS(=O)(=O)c1cccnc1)c1ccccc1. The van der Waals surface area contributed by atoms with Crippen LogP contribution < -0.4 is 4.72 Å². The second-order valence-corrected chi connectivity index (χ2v) is 6.61. The Morgan fingerprint density at radius 3 is 2.48 bits per heavy atom. The number of nitrogens with zero attached hydrogens (tertiary/aromatic N) is 1. The molecular formula is C15H18N2O3S. The van der Waals surface area contributed by atoms with Crippen LogP contribution in [0.1, 0.15) is 12.5 Å². The predicted octanol–water partition coefficient (Wildman–Crippen LogP) is 1.92. The number of sulfonamides is 1. The fourth-order valence-electron chi connectivity index (χ4n) is 2.13. The van der Waals surface area contributed by atoms with Gasteiger partial charge in [0.2, 0.25) is 10.0 Å². The van der Waals surface area contributed by atoms with Crippen LogP contribution in [0.3, 0.4) is 0 Å². The number of nitrogens with one attached hydrogen (secondary N) is 1. The van der Waals surface area contributed by atoms with E-state index < -0.39 is 15.6 Å². The van der Waals surface area contributed by atoms with Crippen LogP contribution in [0.2, 0.25) is 0 Å². The van der Waals surface area contributed by atoms with Gasteiger partial charge in [-0.2, -0.15) is 4.72 Å². The van der Waals surface area contributed by atoms with Crippen LogP contribution in [0, 0.1) is 0 Å². The van der Waals surface area contributed by atoms with Crippen molar-refractivity contribution in [1.29, 1.82) is 0 Å². The minimum Gasteiger partial charge on any atom is -0.382 e. The van der Waals surface area contributed by atoms with Gasteiger partial charge in [0, 0.05) is 19.5 Å². The van der Waals surface area contributed by atoms with Gasteiger partial charge in [-0.25, -0.2) is 8.42 Å². The monoisotopic (exact) mass is 306 g/mol. The fraction of sp³-hybridized carbons (Fsp3) is 0.267. The van der Waals surface area contributed by atoms with Gasteiger partial charge >= 0.3 is 0 Å². The van der Waals surface area contributed by atoms with Crippen molar-refractivity contribution in [3.05, 3.63) is 60.4 Å². The number of pyridine rings is 1. The third-order valence-corrected chi connectivity index (χ3v) is 4.73. The Bertz CT molecular complexity index is 675. The molecule has 0 unspecified atom stereocenters. The standard InChI is InChI=1S/C15H18N2O3S/c1-15(12-20-2,13-7-4-3-5-8-13)17-21(18,19)14-9-6-10-16-11-14/h3-11,17H,12H2,1-2H3/t15-/m0/s1. The molecule has 1 N–H and O–H groups in total. The van der Waals surface area contributed by atoms with Crippen LogP contribution >= 0.6 is 0 Å². The summed E-state index contributed by atoms with van der Waals surface area (Å²) in [4.78, 5) is 3.98. The molecule has 0 spiro atoms. The van der Waals surface area contributed by atoms with Crippen molar-refractivity contribution in [3.63, 3.8) is 0 Å². The van der Waals surface area contributed by atoms with E-state index in [-0.39, 0.29) is 11.5 Å². The van der Waals surface area contributed by atoms with Crippen molar-refractivity contribution in [2.24, 2.45) is 0 Å². The average molecular weight is 306 g/mol. The van der Waals surface area contributed by atoms with E-state index in [1.54, 1.807) is 20.1 Å². The van der Waals surface area contributed by atoms with E-state index in [0.29, 0.717) is 0 Å². The van der Waals surface area contributed by atoms with Crippen molar-refractivity contribution < 1.29 is 13.2 Å². The lowest BCUT2D eigenvalue weighted by atomic mass is 9.94. The normalized spacial score (nSPS) is 14.6. The third-order valence-electron chi connectivity index (χ3n) is 3.15. The lowest BCUT2D eigenvalue weighted by Crippen LogP contribution is -2.46. The molecule has 6 heteroatoms. The van der Waals surface area contributed by atoms with E-state index in [2.05, 4.69) is 9.71 Å². The van der Waals surface area contributed by atoms with Crippen molar-refractivity contribution in [2.45, 2.75) is 17.4 Å². The summed E-state index contributed by atoms with van der Waals surface area (Å²) in [5, 5.41) is 0. The zero-order chi connectivity index (χ0) is 15.3. The Morgan fingerprint density at radius 2 is 1.90 bits per heavy atom. The number of aromatic nitrogens is 1. The highest BCUT2D eigenvalue weighted by Crippen LogP contribution is 2.23.